The fourth-order valence-corrected chi connectivity index (χ4v) is 7.13. The summed E-state index contributed by atoms with van der Waals surface area (Å²) in [5.74, 6) is 0.514. The molecule has 1 aliphatic rings. The predicted molar refractivity (Wildman–Crippen MR) is 87.2 cm³/mol. The van der Waals surface area contributed by atoms with Crippen molar-refractivity contribution in [2.75, 3.05) is 7.11 Å². The van der Waals surface area contributed by atoms with Gasteiger partial charge in [-0.3, -0.25) is 0 Å². The highest BCUT2D eigenvalue weighted by molar-refractivity contribution is 8.85. The van der Waals surface area contributed by atoms with Crippen molar-refractivity contribution in [1.29, 1.82) is 0 Å². The molecule has 24 heavy (non-hydrogen) atoms. The summed E-state index contributed by atoms with van der Waals surface area (Å²) in [7, 11) is -3.20. The van der Waals surface area contributed by atoms with Crippen LogP contribution in [0.4, 0.5) is 0 Å². The molecule has 0 N–H and O–H groups in total. The van der Waals surface area contributed by atoms with Gasteiger partial charge in [-0.05, 0) is 21.9 Å². The first-order valence-corrected chi connectivity index (χ1v) is 10.5. The Labute approximate surface area is 147 Å². The Kier molecular flexibility index (Phi) is 5.31. The summed E-state index contributed by atoms with van der Waals surface area (Å²) in [5, 5.41) is 0. The fraction of sp³-hybridized carbons (Fsp3) is 0.0625. The van der Waals surface area contributed by atoms with Crippen molar-refractivity contribution in [1.82, 2.24) is 0 Å². The average molecular weight is 385 g/mol. The van der Waals surface area contributed by atoms with E-state index in [0.717, 1.165) is 26.8 Å². The third-order valence-corrected chi connectivity index (χ3v) is 7.63. The molecule has 0 amide bonds. The Balaban J connectivity index is 2.13. The van der Waals surface area contributed by atoms with Crippen molar-refractivity contribution in [2.24, 2.45) is 0 Å². The number of methoxy groups -OCH3 is 1. The Morgan fingerprint density at radius 1 is 0.875 bits per heavy atom. The first-order chi connectivity index (χ1) is 11.5. The number of rotatable bonds is 5. The van der Waals surface area contributed by atoms with Crippen molar-refractivity contribution < 1.29 is 32.7 Å². The smallest absolute Gasteiger partial charge is 0.184 e. The maximum atomic E-state index is 11.1. The molecular weight excluding hydrogens is 372 g/mol. The average Bonchev–Trinajstić information content (AvgIpc) is 2.92. The molecule has 0 aliphatic carbocycles. The molecule has 0 aromatic heterocycles. The minimum absolute atomic E-state index is 0.514. The number of ether oxygens (including phenoxy) is 1. The standard InChI is InChI=1S/C16H13ClO5S2/c1-21-14-15(12-8-4-2-5-9-12)23-24(22-17(18,19)20)16(14)13-10-6-3-7-11-13/h2-11H,1H3. The van der Waals surface area contributed by atoms with Crippen LogP contribution >= 0.6 is 20.6 Å². The minimum Gasteiger partial charge on any atom is -0.494 e. The molecule has 0 radical (unpaired) electrons. The van der Waals surface area contributed by atoms with E-state index in [2.05, 4.69) is 0 Å². The number of benzene rings is 2. The van der Waals surface area contributed by atoms with Gasteiger partial charge in [0.15, 0.2) is 15.6 Å². The highest BCUT2D eigenvalue weighted by Gasteiger charge is 2.37. The monoisotopic (exact) mass is 384 g/mol. The van der Waals surface area contributed by atoms with Gasteiger partial charge in [-0.15, -0.1) is 0 Å². The molecule has 3 rings (SSSR count). The normalized spacial score (nSPS) is 18.2. The van der Waals surface area contributed by atoms with Gasteiger partial charge >= 0.3 is 0 Å². The van der Waals surface area contributed by atoms with Gasteiger partial charge in [-0.2, -0.15) is 14.0 Å². The van der Waals surface area contributed by atoms with Crippen molar-refractivity contribution in [3.05, 3.63) is 77.5 Å². The van der Waals surface area contributed by atoms with Crippen LogP contribution in [0.3, 0.4) is 0 Å². The zero-order chi connectivity index (χ0) is 17.2. The number of hydrogen-bond donors (Lipinski definition) is 0. The summed E-state index contributed by atoms with van der Waals surface area (Å²) in [6.07, 6.45) is 0. The van der Waals surface area contributed by atoms with Gasteiger partial charge in [0.2, 0.25) is 0 Å². The molecule has 1 aliphatic heterocycles. The van der Waals surface area contributed by atoms with Gasteiger partial charge in [-0.25, -0.2) is 0 Å². The van der Waals surface area contributed by atoms with E-state index < -0.39 is 20.0 Å². The second-order valence-electron chi connectivity index (χ2n) is 4.68. The highest BCUT2D eigenvalue weighted by Crippen LogP contribution is 2.54. The molecule has 2 aromatic carbocycles. The van der Waals surface area contributed by atoms with Crippen LogP contribution in [0, 0.1) is 10.2 Å². The van der Waals surface area contributed by atoms with Crippen LogP contribution < -0.4 is 14.0 Å². The molecular formula is C16H13ClO5S2. The summed E-state index contributed by atoms with van der Waals surface area (Å²) >= 11 is 0. The number of hydrogen-bond acceptors (Lipinski definition) is 6. The molecule has 2 aromatic rings. The van der Waals surface area contributed by atoms with E-state index in [0.29, 0.717) is 10.6 Å². The Morgan fingerprint density at radius 3 is 1.92 bits per heavy atom. The largest absolute Gasteiger partial charge is 0.494 e. The third kappa shape index (κ3) is 3.84. The third-order valence-electron chi connectivity index (χ3n) is 3.15. The van der Waals surface area contributed by atoms with Gasteiger partial charge in [0.05, 0.1) is 22.3 Å². The summed E-state index contributed by atoms with van der Waals surface area (Å²) in [4.78, 5) is 1.29. The van der Waals surface area contributed by atoms with Crippen LogP contribution in [0.2, 0.25) is 0 Å². The molecule has 1 heterocycles. The predicted octanol–water partition coefficient (Wildman–Crippen LogP) is 0.982. The Bertz CT molecular complexity index is 785. The maximum absolute atomic E-state index is 11.1. The second-order valence-corrected chi connectivity index (χ2v) is 8.80. The Hall–Kier alpha value is -1.32. The highest BCUT2D eigenvalue weighted by atomic mass is 35.7. The lowest BCUT2D eigenvalue weighted by atomic mass is 10.1. The summed E-state index contributed by atoms with van der Waals surface area (Å²) in [6, 6.07) is 18.5. The molecule has 1 atom stereocenters. The van der Waals surface area contributed by atoms with Crippen LogP contribution in [-0.4, -0.2) is 12.0 Å². The molecule has 0 bridgehead atoms. The molecule has 126 valence electrons. The van der Waals surface area contributed by atoms with E-state index in [1.54, 1.807) is 0 Å². The zero-order valence-corrected chi connectivity index (χ0v) is 14.9. The van der Waals surface area contributed by atoms with Gasteiger partial charge in [0.1, 0.15) is 8.60 Å². The number of halogens is 1. The SMILES string of the molecule is COC1=C(c2ccccc2)SS(O[Cl+3]([O-])([O-])[O-])=C1c1ccccc1. The molecule has 5 nitrogen and oxygen atoms in total. The topological polar surface area (TPSA) is 87.6 Å². The van der Waals surface area contributed by atoms with E-state index in [1.807, 2.05) is 60.7 Å². The lowest BCUT2D eigenvalue weighted by Crippen LogP contribution is -2.60. The van der Waals surface area contributed by atoms with Crippen LogP contribution in [0.15, 0.2) is 66.4 Å². The van der Waals surface area contributed by atoms with E-state index in [9.17, 15) is 14.0 Å². The lowest BCUT2D eigenvalue weighted by molar-refractivity contribution is -1.91. The summed E-state index contributed by atoms with van der Waals surface area (Å²) in [6.45, 7) is 0. The van der Waals surface area contributed by atoms with E-state index >= 15 is 0 Å². The van der Waals surface area contributed by atoms with Crippen LogP contribution in [0.25, 0.3) is 4.91 Å². The molecule has 0 fully saturated rings. The van der Waals surface area contributed by atoms with Gasteiger partial charge in [-0.1, -0.05) is 60.7 Å². The lowest BCUT2D eigenvalue weighted by Gasteiger charge is -2.13. The van der Waals surface area contributed by atoms with Gasteiger partial charge in [0.25, 0.3) is 0 Å². The second kappa shape index (κ2) is 7.28. The number of allylic oxidation sites excluding steroid dienone is 1. The summed E-state index contributed by atoms with van der Waals surface area (Å²) < 4.78 is 43.7. The van der Waals surface area contributed by atoms with Crippen molar-refractivity contribution in [2.45, 2.75) is 0 Å². The Morgan fingerprint density at radius 2 is 1.42 bits per heavy atom. The molecule has 0 spiro atoms. The quantitative estimate of drug-likeness (QED) is 0.564. The van der Waals surface area contributed by atoms with E-state index in [-0.39, 0.29) is 0 Å². The van der Waals surface area contributed by atoms with Gasteiger partial charge in [0, 0.05) is 0 Å². The molecule has 1 unspecified atom stereocenters. The van der Waals surface area contributed by atoms with Crippen molar-refractivity contribution in [3.8, 4) is 0 Å². The van der Waals surface area contributed by atoms with Crippen LogP contribution in [-0.2, 0) is 8.47 Å². The molecule has 8 heteroatoms. The summed E-state index contributed by atoms with van der Waals surface area (Å²) in [5.41, 5.74) is 1.61. The maximum Gasteiger partial charge on any atom is 0.184 e. The van der Waals surface area contributed by atoms with E-state index in [1.165, 1.54) is 7.11 Å². The first-order valence-electron chi connectivity index (χ1n) is 6.79. The fourth-order valence-electron chi connectivity index (χ4n) is 2.22. The minimum atomic E-state index is -4.56. The van der Waals surface area contributed by atoms with E-state index in [4.69, 9.17) is 8.47 Å². The zero-order valence-electron chi connectivity index (χ0n) is 12.5. The van der Waals surface area contributed by atoms with Crippen molar-refractivity contribution in [3.63, 3.8) is 0 Å². The van der Waals surface area contributed by atoms with Gasteiger partial charge < -0.3 is 4.74 Å². The molecule has 0 saturated heterocycles. The first kappa shape index (κ1) is 17.5. The van der Waals surface area contributed by atoms with Crippen LogP contribution in [0.5, 0.6) is 0 Å². The molecule has 0 saturated carbocycles. The van der Waals surface area contributed by atoms with Crippen molar-refractivity contribution >= 4 is 30.4 Å². The van der Waals surface area contributed by atoms with Crippen LogP contribution in [0.1, 0.15) is 11.1 Å².